The summed E-state index contributed by atoms with van der Waals surface area (Å²) in [7, 11) is 0. The molecule has 0 saturated heterocycles. The lowest BCUT2D eigenvalue weighted by Crippen LogP contribution is -2.35. The molecule has 3 heterocycles. The molecule has 0 radical (unpaired) electrons. The lowest BCUT2D eigenvalue weighted by Gasteiger charge is -2.20. The van der Waals surface area contributed by atoms with E-state index < -0.39 is 5.91 Å². The van der Waals surface area contributed by atoms with Crippen molar-refractivity contribution < 1.29 is 9.53 Å². The second-order valence-electron chi connectivity index (χ2n) is 8.16. The Morgan fingerprint density at radius 3 is 2.64 bits per heavy atom. The molecule has 2 aliphatic rings. The van der Waals surface area contributed by atoms with E-state index in [-0.39, 0.29) is 11.4 Å². The lowest BCUT2D eigenvalue weighted by molar-refractivity contribution is -0.114. The number of thioether (sulfide) groups is 1. The smallest absolute Gasteiger partial charge is 0.283 e. The summed E-state index contributed by atoms with van der Waals surface area (Å²) < 4.78 is 6.01. The van der Waals surface area contributed by atoms with Gasteiger partial charge in [0.1, 0.15) is 17.4 Å². The first-order valence-electron chi connectivity index (χ1n) is 11.3. The molecule has 0 saturated carbocycles. The Labute approximate surface area is 211 Å². The summed E-state index contributed by atoms with van der Waals surface area (Å²) in [5.74, 6) is 0.252. The topological polar surface area (TPSA) is 91.0 Å². The van der Waals surface area contributed by atoms with Crippen LogP contribution in [0.4, 0.5) is 0 Å². The summed E-state index contributed by atoms with van der Waals surface area (Å²) >= 11 is 1.25. The number of fused-ring (bicyclic) bond motifs is 2. The maximum Gasteiger partial charge on any atom is 0.283 e. The van der Waals surface area contributed by atoms with E-state index in [4.69, 9.17) is 10.1 Å². The standard InChI is InChI=1S/C28H19N5O2S/c29-25-24(26(34)31-28-33(25)32-27(36-28)20-8-4-14-30-16-20)15-18-10-12-22(13-11-18)35-17-21-7-3-6-19-5-1-2-9-23(19)21/h1-16,29H,17H2. The molecule has 2 aliphatic heterocycles. The van der Waals surface area contributed by atoms with Crippen molar-refractivity contribution in [3.05, 3.63) is 114 Å². The van der Waals surface area contributed by atoms with Crippen LogP contribution >= 0.6 is 11.8 Å². The molecule has 3 aromatic carbocycles. The van der Waals surface area contributed by atoms with Crippen molar-refractivity contribution in [3.63, 3.8) is 0 Å². The molecule has 1 N–H and O–H groups in total. The monoisotopic (exact) mass is 489 g/mol. The summed E-state index contributed by atoms with van der Waals surface area (Å²) in [6.45, 7) is 0.451. The molecule has 0 bridgehead atoms. The van der Waals surface area contributed by atoms with Crippen molar-refractivity contribution in [1.29, 1.82) is 5.41 Å². The zero-order chi connectivity index (χ0) is 24.5. The summed E-state index contributed by atoms with van der Waals surface area (Å²) in [4.78, 5) is 21.0. The van der Waals surface area contributed by atoms with Gasteiger partial charge in [0.05, 0.1) is 5.57 Å². The van der Waals surface area contributed by atoms with Gasteiger partial charge < -0.3 is 4.74 Å². The number of aliphatic imine (C=N–C) groups is 1. The molecular weight excluding hydrogens is 470 g/mol. The fraction of sp³-hybridized carbons (Fsp3) is 0.0357. The first-order chi connectivity index (χ1) is 17.7. The van der Waals surface area contributed by atoms with Gasteiger partial charge in [-0.15, -0.1) is 0 Å². The highest BCUT2D eigenvalue weighted by molar-refractivity contribution is 8.27. The van der Waals surface area contributed by atoms with Crippen molar-refractivity contribution in [2.75, 3.05) is 0 Å². The number of hydrogen-bond acceptors (Lipinski definition) is 6. The zero-order valence-electron chi connectivity index (χ0n) is 19.0. The van der Waals surface area contributed by atoms with Crippen LogP contribution in [-0.2, 0) is 11.4 Å². The van der Waals surface area contributed by atoms with Gasteiger partial charge in [0.25, 0.3) is 5.91 Å². The maximum atomic E-state index is 12.7. The lowest BCUT2D eigenvalue weighted by atomic mass is 10.1. The van der Waals surface area contributed by atoms with Crippen LogP contribution < -0.4 is 4.74 Å². The summed E-state index contributed by atoms with van der Waals surface area (Å²) in [5.41, 5.74) is 2.87. The minimum atomic E-state index is -0.460. The highest BCUT2D eigenvalue weighted by Crippen LogP contribution is 2.31. The minimum Gasteiger partial charge on any atom is -0.489 e. The van der Waals surface area contributed by atoms with Crippen molar-refractivity contribution in [2.45, 2.75) is 6.61 Å². The van der Waals surface area contributed by atoms with Crippen LogP contribution in [0.5, 0.6) is 5.75 Å². The molecule has 0 fully saturated rings. The van der Waals surface area contributed by atoms with Crippen molar-refractivity contribution in [1.82, 2.24) is 9.99 Å². The molecule has 7 nitrogen and oxygen atoms in total. The number of hydrogen-bond donors (Lipinski definition) is 1. The van der Waals surface area contributed by atoms with Crippen LogP contribution in [0.2, 0.25) is 0 Å². The predicted octanol–water partition coefficient (Wildman–Crippen LogP) is 5.48. The van der Waals surface area contributed by atoms with E-state index in [1.165, 1.54) is 27.5 Å². The third-order valence-electron chi connectivity index (χ3n) is 5.83. The van der Waals surface area contributed by atoms with Crippen LogP contribution in [-0.4, -0.2) is 31.9 Å². The number of amides is 1. The molecule has 8 heteroatoms. The number of rotatable bonds is 5. The van der Waals surface area contributed by atoms with Gasteiger partial charge in [-0.1, -0.05) is 54.6 Å². The average Bonchev–Trinajstić information content (AvgIpc) is 3.35. The molecule has 0 spiro atoms. The average molecular weight is 490 g/mol. The first-order valence-corrected chi connectivity index (χ1v) is 12.1. The van der Waals surface area contributed by atoms with E-state index in [2.05, 4.69) is 39.3 Å². The van der Waals surface area contributed by atoms with E-state index >= 15 is 0 Å². The van der Waals surface area contributed by atoms with E-state index in [1.807, 2.05) is 54.6 Å². The van der Waals surface area contributed by atoms with Crippen molar-refractivity contribution >= 4 is 50.6 Å². The second kappa shape index (κ2) is 9.24. The summed E-state index contributed by atoms with van der Waals surface area (Å²) in [5, 5.41) is 17.8. The van der Waals surface area contributed by atoms with Gasteiger partial charge in [-0.3, -0.25) is 15.2 Å². The quantitative estimate of drug-likeness (QED) is 0.375. The SMILES string of the molecule is N=C1C(=Cc2ccc(OCc3cccc4ccccc34)cc2)C(=O)N=C2SC(c3cccnc3)=NN12. The summed E-state index contributed by atoms with van der Waals surface area (Å²) in [6, 6.07) is 25.5. The minimum absolute atomic E-state index is 0.00678. The van der Waals surface area contributed by atoms with E-state index in [0.29, 0.717) is 16.8 Å². The van der Waals surface area contributed by atoms with Gasteiger partial charge in [-0.2, -0.15) is 15.1 Å². The Bertz CT molecular complexity index is 1590. The van der Waals surface area contributed by atoms with Crippen LogP contribution in [0.1, 0.15) is 16.7 Å². The molecule has 36 heavy (non-hydrogen) atoms. The van der Waals surface area contributed by atoms with E-state index in [1.54, 1.807) is 18.5 Å². The number of benzene rings is 3. The molecule has 6 rings (SSSR count). The van der Waals surface area contributed by atoms with Crippen LogP contribution in [0.25, 0.3) is 16.8 Å². The van der Waals surface area contributed by atoms with Crippen LogP contribution in [0.15, 0.2) is 107 Å². The van der Waals surface area contributed by atoms with E-state index in [0.717, 1.165) is 22.4 Å². The Hall–Kier alpha value is -4.56. The first kappa shape index (κ1) is 21.9. The Morgan fingerprint density at radius 2 is 1.81 bits per heavy atom. The number of ether oxygens (including phenoxy) is 1. The van der Waals surface area contributed by atoms with Crippen LogP contribution in [0, 0.1) is 5.41 Å². The predicted molar refractivity (Wildman–Crippen MR) is 143 cm³/mol. The van der Waals surface area contributed by atoms with Gasteiger partial charge in [0, 0.05) is 18.0 Å². The number of carbonyl (C=O) groups excluding carboxylic acids is 1. The second-order valence-corrected chi connectivity index (χ2v) is 9.12. The molecule has 0 unspecified atom stereocenters. The fourth-order valence-electron chi connectivity index (χ4n) is 4.00. The Morgan fingerprint density at radius 1 is 0.972 bits per heavy atom. The molecule has 1 aromatic heterocycles. The number of amidine groups is 2. The van der Waals surface area contributed by atoms with E-state index in [9.17, 15) is 4.79 Å². The third kappa shape index (κ3) is 4.18. The number of nitrogens with one attached hydrogen (secondary N) is 1. The third-order valence-corrected chi connectivity index (χ3v) is 6.79. The normalized spacial score (nSPS) is 16.2. The molecular formula is C28H19N5O2S. The molecule has 4 aromatic rings. The van der Waals surface area contributed by atoms with Crippen molar-refractivity contribution in [2.24, 2.45) is 10.1 Å². The molecule has 174 valence electrons. The van der Waals surface area contributed by atoms with Crippen LogP contribution in [0.3, 0.4) is 0 Å². The highest BCUT2D eigenvalue weighted by Gasteiger charge is 2.36. The van der Waals surface area contributed by atoms with Gasteiger partial charge in [0.2, 0.25) is 5.17 Å². The number of nitrogens with zero attached hydrogens (tertiary/aromatic N) is 4. The number of hydrazone groups is 1. The van der Waals surface area contributed by atoms with Gasteiger partial charge in [-0.25, -0.2) is 0 Å². The van der Waals surface area contributed by atoms with Gasteiger partial charge >= 0.3 is 0 Å². The van der Waals surface area contributed by atoms with Gasteiger partial charge in [0.15, 0.2) is 5.84 Å². The number of carbonyl (C=O) groups is 1. The number of pyridine rings is 1. The zero-order valence-corrected chi connectivity index (χ0v) is 19.8. The maximum absolute atomic E-state index is 12.7. The molecule has 1 amide bonds. The van der Waals surface area contributed by atoms with Gasteiger partial charge in [-0.05, 0) is 64.0 Å². The highest BCUT2D eigenvalue weighted by atomic mass is 32.2. The largest absolute Gasteiger partial charge is 0.489 e. The van der Waals surface area contributed by atoms with Crippen molar-refractivity contribution in [3.8, 4) is 5.75 Å². The number of aromatic nitrogens is 1. The molecule has 0 atom stereocenters. The Kier molecular flexibility index (Phi) is 5.63. The molecule has 0 aliphatic carbocycles. The fourth-order valence-corrected chi connectivity index (χ4v) is 4.89. The summed E-state index contributed by atoms with van der Waals surface area (Å²) in [6.07, 6.45) is 5.03. The Balaban J connectivity index is 1.18.